The van der Waals surface area contributed by atoms with Crippen LogP contribution < -0.4 is 14.7 Å². The first-order chi connectivity index (χ1) is 26.8. The molecule has 11 rings (SSSR count). The van der Waals surface area contributed by atoms with Crippen LogP contribution in [0.4, 0.5) is 17.1 Å². The highest BCUT2D eigenvalue weighted by atomic mass is 32.1. The number of thiophene rings is 1. The molecule has 1 atom stereocenters. The zero-order chi connectivity index (χ0) is 35.6. The van der Waals surface area contributed by atoms with Gasteiger partial charge in [0.25, 0.3) is 0 Å². The van der Waals surface area contributed by atoms with Crippen molar-refractivity contribution < 1.29 is 0 Å². The molecule has 0 saturated heterocycles. The van der Waals surface area contributed by atoms with Gasteiger partial charge in [0.1, 0.15) is 0 Å². The largest absolute Gasteiger partial charge is 0.310 e. The first-order valence-electron chi connectivity index (χ1n) is 19.1. The van der Waals surface area contributed by atoms with Crippen LogP contribution >= 0.6 is 11.3 Å². The molecule has 0 amide bonds. The summed E-state index contributed by atoms with van der Waals surface area (Å²) in [5.41, 5.74) is 9.85. The van der Waals surface area contributed by atoms with Gasteiger partial charge >= 0.3 is 0 Å². The Bertz CT molecular complexity index is 3080. The van der Waals surface area contributed by atoms with Gasteiger partial charge in [-0.05, 0) is 122 Å². The van der Waals surface area contributed by atoms with Crippen LogP contribution in [0.25, 0.3) is 76.3 Å². The minimum atomic E-state index is 0.625. The van der Waals surface area contributed by atoms with Gasteiger partial charge in [0, 0.05) is 36.8 Å². The summed E-state index contributed by atoms with van der Waals surface area (Å²) in [6.45, 7) is 0. The Hall–Kier alpha value is -6.22. The van der Waals surface area contributed by atoms with Crippen molar-refractivity contribution in [3.8, 4) is 22.3 Å². The van der Waals surface area contributed by atoms with Crippen molar-refractivity contribution >= 4 is 82.5 Å². The van der Waals surface area contributed by atoms with Crippen LogP contribution in [0.1, 0.15) is 19.3 Å². The van der Waals surface area contributed by atoms with E-state index in [2.05, 4.69) is 187 Å². The third-order valence-corrected chi connectivity index (χ3v) is 12.8. The molecule has 0 spiro atoms. The molecule has 2 aliphatic carbocycles. The second-order valence-electron chi connectivity index (χ2n) is 14.7. The Morgan fingerprint density at radius 3 is 2.19 bits per heavy atom. The van der Waals surface area contributed by atoms with E-state index in [0.29, 0.717) is 5.92 Å². The monoisotopic (exact) mass is 707 g/mol. The number of fused-ring (bicyclic) bond motifs is 9. The molecule has 1 heterocycles. The molecular formula is C52H37NS. The number of nitrogens with zero attached hydrogens (tertiary/aromatic N) is 1. The molecule has 54 heavy (non-hydrogen) atoms. The fourth-order valence-electron chi connectivity index (χ4n) is 9.04. The Balaban J connectivity index is 1.06. The van der Waals surface area contributed by atoms with Crippen LogP contribution in [-0.2, 0) is 0 Å². The third kappa shape index (κ3) is 5.13. The maximum atomic E-state index is 2.49. The second kappa shape index (κ2) is 12.7. The van der Waals surface area contributed by atoms with Gasteiger partial charge in [-0.3, -0.25) is 0 Å². The fraction of sp³-hybridized carbons (Fsp3) is 0.0769. The maximum absolute atomic E-state index is 2.49. The van der Waals surface area contributed by atoms with Crippen molar-refractivity contribution in [2.75, 3.05) is 4.90 Å². The minimum Gasteiger partial charge on any atom is -0.310 e. The Morgan fingerprint density at radius 2 is 1.28 bits per heavy atom. The smallest absolute Gasteiger partial charge is 0.0540 e. The Kier molecular flexibility index (Phi) is 7.38. The number of hydrogen-bond acceptors (Lipinski definition) is 2. The number of allylic oxidation sites excluding steroid dienone is 2. The van der Waals surface area contributed by atoms with Crippen LogP contribution in [-0.4, -0.2) is 0 Å². The van der Waals surface area contributed by atoms with Gasteiger partial charge in [0.2, 0.25) is 0 Å². The summed E-state index contributed by atoms with van der Waals surface area (Å²) >= 11 is 1.94. The normalized spacial score (nSPS) is 15.0. The van der Waals surface area contributed by atoms with Gasteiger partial charge in [0.15, 0.2) is 0 Å². The van der Waals surface area contributed by atoms with Crippen molar-refractivity contribution in [3.05, 3.63) is 186 Å². The van der Waals surface area contributed by atoms with Gasteiger partial charge in [0.05, 0.1) is 5.69 Å². The number of rotatable bonds is 5. The number of hydrogen-bond donors (Lipinski definition) is 0. The highest BCUT2D eigenvalue weighted by molar-refractivity contribution is 7.17. The fourth-order valence-corrected chi connectivity index (χ4v) is 10.2. The topological polar surface area (TPSA) is 3.24 Å². The minimum absolute atomic E-state index is 0.625. The van der Waals surface area contributed by atoms with Gasteiger partial charge in [-0.15, -0.1) is 11.3 Å². The highest BCUT2D eigenvalue weighted by Crippen LogP contribution is 2.43. The summed E-state index contributed by atoms with van der Waals surface area (Å²) in [6.07, 6.45) is 10.9. The maximum Gasteiger partial charge on any atom is 0.0540 e. The van der Waals surface area contributed by atoms with E-state index in [4.69, 9.17) is 0 Å². The van der Waals surface area contributed by atoms with E-state index in [0.717, 1.165) is 12.1 Å². The number of anilines is 3. The first-order valence-corrected chi connectivity index (χ1v) is 19.9. The molecule has 0 radical (unpaired) electrons. The van der Waals surface area contributed by atoms with E-state index >= 15 is 0 Å². The second-order valence-corrected chi connectivity index (χ2v) is 15.8. The zero-order valence-electron chi connectivity index (χ0n) is 29.9. The van der Waals surface area contributed by atoms with Crippen LogP contribution in [0.3, 0.4) is 0 Å². The summed E-state index contributed by atoms with van der Waals surface area (Å²) in [5.74, 6) is 0.625. The average Bonchev–Trinajstić information content (AvgIpc) is 3.63. The third-order valence-electron chi connectivity index (χ3n) is 11.7. The molecule has 1 unspecified atom stereocenters. The van der Waals surface area contributed by atoms with E-state index in [1.165, 1.54) is 104 Å². The molecule has 0 aliphatic heterocycles. The van der Waals surface area contributed by atoms with Gasteiger partial charge in [-0.25, -0.2) is 0 Å². The van der Waals surface area contributed by atoms with Crippen molar-refractivity contribution in [1.82, 2.24) is 0 Å². The highest BCUT2D eigenvalue weighted by Gasteiger charge is 2.22. The van der Waals surface area contributed by atoms with Gasteiger partial charge in [-0.1, -0.05) is 140 Å². The molecule has 1 nitrogen and oxygen atoms in total. The summed E-state index contributed by atoms with van der Waals surface area (Å²) in [7, 11) is 0. The predicted molar refractivity (Wildman–Crippen MR) is 234 cm³/mol. The standard InChI is InChI=1S/C52H37NS/c1-2-10-35(11-3-1)43-14-8-9-17-48(43)53(42-28-31-49-47(33-42)52-45-16-7-5-13-37(45)25-30-50(52)54-49)41-26-22-34(23-27-41)39-24-29-46-40(32-39)21-20-38-19-18-36-12-4-6-15-44(36)51(38)46/h1-4,6-12,14-24,26-33,37H,5,13,25H2. The SMILES string of the molecule is C1=CC2=c3c(sc4ccc(N(c5ccc(-c6ccc7c(ccc8ccc9ccccc9c87)c6)cc5)c5ccccc5-c5ccccc5)cc34)=CCC2CC1. The molecule has 0 bridgehead atoms. The summed E-state index contributed by atoms with van der Waals surface area (Å²) < 4.78 is 2.79. The Morgan fingerprint density at radius 1 is 0.537 bits per heavy atom. The molecule has 0 saturated carbocycles. The summed E-state index contributed by atoms with van der Waals surface area (Å²) in [5, 5.41) is 10.6. The zero-order valence-corrected chi connectivity index (χ0v) is 30.7. The quantitative estimate of drug-likeness (QED) is 0.161. The molecular weight excluding hydrogens is 671 g/mol. The van der Waals surface area contributed by atoms with Gasteiger partial charge in [-0.2, -0.15) is 0 Å². The lowest BCUT2D eigenvalue weighted by molar-refractivity contribution is 0.620. The number of benzene rings is 8. The molecule has 8 aromatic carbocycles. The molecule has 1 aromatic heterocycles. The summed E-state index contributed by atoms with van der Waals surface area (Å²) in [6, 6.07) is 60.6. The van der Waals surface area contributed by atoms with E-state index in [-0.39, 0.29) is 0 Å². The van der Waals surface area contributed by atoms with E-state index < -0.39 is 0 Å². The van der Waals surface area contributed by atoms with Crippen LogP contribution in [0, 0.1) is 5.92 Å². The lowest BCUT2D eigenvalue weighted by atomic mass is 9.83. The molecule has 0 N–H and O–H groups in total. The molecule has 9 aromatic rings. The van der Waals surface area contributed by atoms with E-state index in [9.17, 15) is 0 Å². The molecule has 0 fully saturated rings. The molecule has 2 heteroatoms. The van der Waals surface area contributed by atoms with E-state index in [1.807, 2.05) is 11.3 Å². The predicted octanol–water partition coefficient (Wildman–Crippen LogP) is 13.5. The Labute approximate surface area is 319 Å². The van der Waals surface area contributed by atoms with Crippen molar-refractivity contribution in [3.63, 3.8) is 0 Å². The lowest BCUT2D eigenvalue weighted by Gasteiger charge is -2.28. The van der Waals surface area contributed by atoms with Crippen molar-refractivity contribution in [2.24, 2.45) is 5.92 Å². The van der Waals surface area contributed by atoms with Crippen LogP contribution in [0.15, 0.2) is 176 Å². The lowest BCUT2D eigenvalue weighted by Crippen LogP contribution is -2.29. The van der Waals surface area contributed by atoms with Gasteiger partial charge < -0.3 is 4.90 Å². The summed E-state index contributed by atoms with van der Waals surface area (Å²) in [4.78, 5) is 2.46. The molecule has 2 aliphatic rings. The van der Waals surface area contributed by atoms with Crippen LogP contribution in [0.2, 0.25) is 0 Å². The van der Waals surface area contributed by atoms with E-state index in [1.54, 1.807) is 0 Å². The number of para-hydroxylation sites is 1. The van der Waals surface area contributed by atoms with Crippen molar-refractivity contribution in [2.45, 2.75) is 19.3 Å². The first kappa shape index (κ1) is 31.3. The van der Waals surface area contributed by atoms with Crippen molar-refractivity contribution in [1.29, 1.82) is 0 Å². The average molecular weight is 708 g/mol. The van der Waals surface area contributed by atoms with Crippen LogP contribution in [0.5, 0.6) is 0 Å². The molecule has 256 valence electrons.